The third kappa shape index (κ3) is 3.82. The molecule has 0 aromatic carbocycles. The van der Waals surface area contributed by atoms with E-state index in [1.165, 1.54) is 0 Å². The number of hydrogen-bond acceptors (Lipinski definition) is 6. The van der Waals surface area contributed by atoms with Crippen molar-refractivity contribution in [3.63, 3.8) is 0 Å². The summed E-state index contributed by atoms with van der Waals surface area (Å²) >= 11 is 0. The molecule has 0 unspecified atom stereocenters. The van der Waals surface area contributed by atoms with Crippen LogP contribution in [0, 0.1) is 13.8 Å². The van der Waals surface area contributed by atoms with E-state index in [4.69, 9.17) is 4.74 Å². The normalized spacial score (nSPS) is 14.0. The highest BCUT2D eigenvalue weighted by atomic mass is 16.5. The smallest absolute Gasteiger partial charge is 0.340 e. The van der Waals surface area contributed by atoms with Crippen LogP contribution in [0.4, 0.5) is 0 Å². The zero-order chi connectivity index (χ0) is 19.6. The minimum absolute atomic E-state index is 0.295. The molecule has 9 nitrogen and oxygen atoms in total. The minimum atomic E-state index is -0.384. The van der Waals surface area contributed by atoms with Crippen molar-refractivity contribution in [2.24, 2.45) is 9.98 Å². The van der Waals surface area contributed by atoms with E-state index in [2.05, 4.69) is 25.2 Å². The molecular formula is C18H22N6O3. The lowest BCUT2D eigenvalue weighted by Gasteiger charge is -2.10. The molecule has 0 atom stereocenters. The summed E-state index contributed by atoms with van der Waals surface area (Å²) in [5.74, 6) is 0.0363. The van der Waals surface area contributed by atoms with Gasteiger partial charge in [0.25, 0.3) is 5.56 Å². The zero-order valence-corrected chi connectivity index (χ0v) is 15.7. The Morgan fingerprint density at radius 2 is 1.93 bits per heavy atom. The molecule has 3 rings (SSSR count). The number of hydrogen-bond donors (Lipinski definition) is 3. The quantitative estimate of drug-likeness (QED) is 0.610. The molecule has 0 radical (unpaired) electrons. The monoisotopic (exact) mass is 370 g/mol. The Morgan fingerprint density at radius 1 is 1.22 bits per heavy atom. The Bertz CT molecular complexity index is 1080. The van der Waals surface area contributed by atoms with Gasteiger partial charge < -0.3 is 14.6 Å². The van der Waals surface area contributed by atoms with Crippen LogP contribution in [0.3, 0.4) is 0 Å². The van der Waals surface area contributed by atoms with Crippen molar-refractivity contribution in [2.45, 2.75) is 13.8 Å². The van der Waals surface area contributed by atoms with Crippen LogP contribution in [0.5, 0.6) is 0 Å². The highest BCUT2D eigenvalue weighted by Crippen LogP contribution is 2.19. The van der Waals surface area contributed by atoms with E-state index >= 15 is 0 Å². The molecule has 0 bridgehead atoms. The summed E-state index contributed by atoms with van der Waals surface area (Å²) in [6.07, 6.45) is 4.78. The van der Waals surface area contributed by atoms with E-state index in [-0.39, 0.29) is 11.5 Å². The van der Waals surface area contributed by atoms with Crippen LogP contribution in [-0.2, 0) is 4.74 Å². The van der Waals surface area contributed by atoms with Crippen molar-refractivity contribution in [3.8, 4) is 0 Å². The Hall–Kier alpha value is -3.20. The second kappa shape index (κ2) is 7.58. The summed E-state index contributed by atoms with van der Waals surface area (Å²) < 4.78 is 5.35. The molecule has 142 valence electrons. The number of carbonyl (C=O) groups is 1. The van der Waals surface area contributed by atoms with Gasteiger partial charge in [-0.1, -0.05) is 0 Å². The molecule has 0 saturated heterocycles. The Kier molecular flexibility index (Phi) is 5.22. The zero-order valence-electron chi connectivity index (χ0n) is 15.7. The summed E-state index contributed by atoms with van der Waals surface area (Å²) in [5.41, 5.74) is 2.25. The van der Waals surface area contributed by atoms with E-state index in [1.807, 2.05) is 25.9 Å². The van der Waals surface area contributed by atoms with Gasteiger partial charge in [0.15, 0.2) is 5.82 Å². The number of aromatic nitrogens is 3. The van der Waals surface area contributed by atoms with Gasteiger partial charge >= 0.3 is 5.97 Å². The molecule has 2 aromatic heterocycles. The molecule has 1 aliphatic heterocycles. The SMILES string of the molecule is Cc1[nH]c(/C=c2/c(=O)[nH][nH]c2=C2N=CC=N2)c(C)c1C(=O)OCCN(C)C. The van der Waals surface area contributed by atoms with Crippen LogP contribution >= 0.6 is 0 Å². The molecule has 0 spiro atoms. The Balaban J connectivity index is 2.01. The molecule has 0 fully saturated rings. The lowest BCUT2D eigenvalue weighted by molar-refractivity contribution is 0.0480. The van der Waals surface area contributed by atoms with E-state index in [0.29, 0.717) is 46.5 Å². The number of aryl methyl sites for hydroxylation is 1. The van der Waals surface area contributed by atoms with Crippen molar-refractivity contribution >= 4 is 30.3 Å². The molecule has 3 heterocycles. The van der Waals surface area contributed by atoms with E-state index in [1.54, 1.807) is 25.4 Å². The fourth-order valence-corrected chi connectivity index (χ4v) is 2.81. The third-order valence-corrected chi connectivity index (χ3v) is 4.24. The van der Waals surface area contributed by atoms with Gasteiger partial charge in [-0.25, -0.2) is 14.8 Å². The van der Waals surface area contributed by atoms with Crippen LogP contribution in [0.1, 0.15) is 27.3 Å². The first-order valence-electron chi connectivity index (χ1n) is 8.49. The highest BCUT2D eigenvalue weighted by Gasteiger charge is 2.19. The maximum atomic E-state index is 12.4. The molecule has 0 amide bonds. The summed E-state index contributed by atoms with van der Waals surface area (Å²) in [5, 5.41) is 6.22. The Labute approximate surface area is 155 Å². The molecule has 2 aromatic rings. The van der Waals surface area contributed by atoms with Gasteiger partial charge in [0.2, 0.25) is 0 Å². The standard InChI is InChI=1S/C18H22N6O3/c1-10-13(21-11(2)14(10)18(26)27-8-7-24(3)4)9-12-15(22-23-17(12)25)16-19-5-6-20-16/h5-6,9,21-22H,7-8H2,1-4H3,(H,23,25)/b12-9+. The predicted octanol–water partition coefficient (Wildman–Crippen LogP) is -0.584. The van der Waals surface area contributed by atoms with Crippen molar-refractivity contribution in [2.75, 3.05) is 27.2 Å². The largest absolute Gasteiger partial charge is 0.461 e. The average Bonchev–Trinajstić information content (AvgIpc) is 3.30. The maximum Gasteiger partial charge on any atom is 0.340 e. The number of carbonyl (C=O) groups excluding carboxylic acids is 1. The number of H-pyrrole nitrogens is 3. The van der Waals surface area contributed by atoms with Crippen LogP contribution in [0.2, 0.25) is 0 Å². The Morgan fingerprint density at radius 3 is 2.59 bits per heavy atom. The first-order valence-corrected chi connectivity index (χ1v) is 8.49. The number of likely N-dealkylation sites (N-methyl/N-ethyl adjacent to an activating group) is 1. The molecule has 0 saturated carbocycles. The lowest BCUT2D eigenvalue weighted by Crippen LogP contribution is -2.34. The summed E-state index contributed by atoms with van der Waals surface area (Å²) in [6.45, 7) is 4.58. The van der Waals surface area contributed by atoms with Crippen LogP contribution in [-0.4, -0.2) is 65.7 Å². The number of rotatable bonds is 5. The molecule has 27 heavy (non-hydrogen) atoms. The lowest BCUT2D eigenvalue weighted by atomic mass is 10.1. The third-order valence-electron chi connectivity index (χ3n) is 4.24. The van der Waals surface area contributed by atoms with Crippen molar-refractivity contribution in [1.29, 1.82) is 0 Å². The molecule has 0 aliphatic carbocycles. The van der Waals surface area contributed by atoms with Crippen molar-refractivity contribution in [1.82, 2.24) is 20.1 Å². The van der Waals surface area contributed by atoms with Crippen LogP contribution < -0.4 is 16.1 Å². The molecule has 1 aliphatic rings. The predicted molar refractivity (Wildman–Crippen MR) is 104 cm³/mol. The van der Waals surface area contributed by atoms with Gasteiger partial charge in [-0.05, 0) is 39.6 Å². The number of esters is 1. The van der Waals surface area contributed by atoms with Crippen LogP contribution in [0.15, 0.2) is 14.8 Å². The van der Waals surface area contributed by atoms with Crippen LogP contribution in [0.25, 0.3) is 11.9 Å². The van der Waals surface area contributed by atoms with E-state index in [9.17, 15) is 9.59 Å². The molecule has 9 heteroatoms. The second-order valence-corrected chi connectivity index (χ2v) is 6.49. The minimum Gasteiger partial charge on any atom is -0.461 e. The van der Waals surface area contributed by atoms with Gasteiger partial charge in [-0.3, -0.25) is 15.0 Å². The van der Waals surface area contributed by atoms with Crippen molar-refractivity contribution in [3.05, 3.63) is 43.4 Å². The highest BCUT2D eigenvalue weighted by molar-refractivity contribution is 6.20. The first kappa shape index (κ1) is 18.6. The van der Waals surface area contributed by atoms with Gasteiger partial charge in [-0.2, -0.15) is 0 Å². The number of nitrogens with zero attached hydrogens (tertiary/aromatic N) is 3. The van der Waals surface area contributed by atoms with Gasteiger partial charge in [0.1, 0.15) is 12.0 Å². The number of ether oxygens (including phenoxy) is 1. The average molecular weight is 370 g/mol. The van der Waals surface area contributed by atoms with E-state index in [0.717, 1.165) is 5.56 Å². The fraction of sp³-hybridized carbons (Fsp3) is 0.333. The molecular weight excluding hydrogens is 348 g/mol. The van der Waals surface area contributed by atoms with E-state index < -0.39 is 0 Å². The number of aliphatic imine (C=N–C) groups is 2. The summed E-state index contributed by atoms with van der Waals surface area (Å²) in [4.78, 5) is 38.0. The first-order chi connectivity index (χ1) is 12.9. The van der Waals surface area contributed by atoms with Gasteiger partial charge in [0, 0.05) is 30.4 Å². The number of aromatic amines is 3. The summed E-state index contributed by atoms with van der Waals surface area (Å²) in [6, 6.07) is 0. The van der Waals surface area contributed by atoms with Crippen molar-refractivity contribution < 1.29 is 9.53 Å². The molecule has 3 N–H and O–H groups in total. The summed E-state index contributed by atoms with van der Waals surface area (Å²) in [7, 11) is 3.83. The number of nitrogens with one attached hydrogen (secondary N) is 3. The second-order valence-electron chi connectivity index (χ2n) is 6.49. The fourth-order valence-electron chi connectivity index (χ4n) is 2.81. The topological polar surface area (TPSA) is 119 Å². The van der Waals surface area contributed by atoms with Gasteiger partial charge in [0.05, 0.1) is 10.8 Å². The van der Waals surface area contributed by atoms with Gasteiger partial charge in [-0.15, -0.1) is 0 Å². The maximum absolute atomic E-state index is 12.4.